The van der Waals surface area contributed by atoms with Gasteiger partial charge in [-0.15, -0.1) is 0 Å². The minimum absolute atomic E-state index is 0.195. The molecular formula is C11H11ClFN. The molecule has 0 saturated heterocycles. The van der Waals surface area contributed by atoms with Crippen LogP contribution in [0.3, 0.4) is 0 Å². The molecule has 0 radical (unpaired) electrons. The van der Waals surface area contributed by atoms with Crippen molar-refractivity contribution in [3.63, 3.8) is 0 Å². The van der Waals surface area contributed by atoms with Crippen molar-refractivity contribution >= 4 is 17.7 Å². The first-order valence-electron chi connectivity index (χ1n) is 4.56. The van der Waals surface area contributed by atoms with E-state index in [2.05, 4.69) is 0 Å². The second-order valence-electron chi connectivity index (χ2n) is 3.61. The van der Waals surface area contributed by atoms with Crippen LogP contribution in [0.25, 0.3) is 6.08 Å². The Labute approximate surface area is 87.4 Å². The van der Waals surface area contributed by atoms with Crippen molar-refractivity contribution in [2.24, 2.45) is 5.73 Å². The van der Waals surface area contributed by atoms with Crippen LogP contribution in [-0.4, -0.2) is 6.04 Å². The van der Waals surface area contributed by atoms with Gasteiger partial charge in [-0.2, -0.15) is 0 Å². The summed E-state index contributed by atoms with van der Waals surface area (Å²) in [4.78, 5) is 0. The van der Waals surface area contributed by atoms with E-state index in [-0.39, 0.29) is 16.9 Å². The van der Waals surface area contributed by atoms with Crippen molar-refractivity contribution in [3.8, 4) is 0 Å². The van der Waals surface area contributed by atoms with Crippen LogP contribution >= 0.6 is 11.6 Å². The van der Waals surface area contributed by atoms with E-state index in [1.54, 1.807) is 6.07 Å². The Kier molecular flexibility index (Phi) is 2.57. The number of halogens is 2. The maximum atomic E-state index is 13.0. The molecule has 1 nitrogen and oxygen atoms in total. The van der Waals surface area contributed by atoms with Crippen molar-refractivity contribution in [2.75, 3.05) is 0 Å². The van der Waals surface area contributed by atoms with Crippen LogP contribution in [-0.2, 0) is 0 Å². The normalized spacial score (nSPS) is 20.5. The Hall–Kier alpha value is -0.860. The van der Waals surface area contributed by atoms with Crippen LogP contribution in [0.5, 0.6) is 0 Å². The highest BCUT2D eigenvalue weighted by molar-refractivity contribution is 6.32. The second kappa shape index (κ2) is 3.71. The quantitative estimate of drug-likeness (QED) is 0.760. The van der Waals surface area contributed by atoms with Gasteiger partial charge in [-0.05, 0) is 24.5 Å². The van der Waals surface area contributed by atoms with Crippen molar-refractivity contribution in [1.29, 1.82) is 0 Å². The van der Waals surface area contributed by atoms with E-state index in [1.807, 2.05) is 12.1 Å². The monoisotopic (exact) mass is 211 g/mol. The highest BCUT2D eigenvalue weighted by Gasteiger charge is 2.18. The average molecular weight is 212 g/mol. The maximum absolute atomic E-state index is 13.0. The molecule has 1 fully saturated rings. The predicted molar refractivity (Wildman–Crippen MR) is 56.6 cm³/mol. The highest BCUT2D eigenvalue weighted by atomic mass is 35.5. The second-order valence-corrected chi connectivity index (χ2v) is 3.99. The standard InChI is InChI=1S/C11H11ClFN/c12-11-8(2-1-3-10(11)13)4-7-5-9(14)6-7/h1-4,9H,5-6,14H2. The molecular weight excluding hydrogens is 201 g/mol. The summed E-state index contributed by atoms with van der Waals surface area (Å²) < 4.78 is 13.0. The van der Waals surface area contributed by atoms with Crippen LogP contribution in [0.15, 0.2) is 23.8 Å². The number of hydrogen-bond donors (Lipinski definition) is 1. The molecule has 1 aliphatic carbocycles. The van der Waals surface area contributed by atoms with Gasteiger partial charge >= 0.3 is 0 Å². The summed E-state index contributed by atoms with van der Waals surface area (Å²) in [5, 5.41) is 0.195. The van der Waals surface area contributed by atoms with E-state index in [0.717, 1.165) is 18.4 Å². The fourth-order valence-electron chi connectivity index (χ4n) is 1.58. The molecule has 0 spiro atoms. The number of hydrogen-bond acceptors (Lipinski definition) is 1. The van der Waals surface area contributed by atoms with E-state index in [9.17, 15) is 4.39 Å². The molecule has 0 aromatic heterocycles. The third-order valence-corrected chi connectivity index (χ3v) is 2.79. The first-order chi connectivity index (χ1) is 6.66. The van der Waals surface area contributed by atoms with Crippen LogP contribution in [0, 0.1) is 5.82 Å². The number of benzene rings is 1. The SMILES string of the molecule is NC1CC(=Cc2cccc(F)c2Cl)C1. The summed E-state index contributed by atoms with van der Waals surface area (Å²) in [6.45, 7) is 0. The first-order valence-corrected chi connectivity index (χ1v) is 4.93. The molecule has 0 amide bonds. The zero-order valence-corrected chi connectivity index (χ0v) is 8.39. The average Bonchev–Trinajstić information content (AvgIpc) is 2.10. The Morgan fingerprint density at radius 1 is 1.43 bits per heavy atom. The van der Waals surface area contributed by atoms with Gasteiger partial charge in [-0.3, -0.25) is 0 Å². The Morgan fingerprint density at radius 2 is 2.14 bits per heavy atom. The molecule has 0 aliphatic heterocycles. The Bertz CT molecular complexity index is 379. The molecule has 1 saturated carbocycles. The molecule has 0 heterocycles. The third-order valence-electron chi connectivity index (χ3n) is 2.39. The molecule has 2 N–H and O–H groups in total. The summed E-state index contributed by atoms with van der Waals surface area (Å²) in [6.07, 6.45) is 3.72. The molecule has 1 aliphatic rings. The zero-order valence-electron chi connectivity index (χ0n) is 7.63. The van der Waals surface area contributed by atoms with Crippen LogP contribution in [0.4, 0.5) is 4.39 Å². The topological polar surface area (TPSA) is 26.0 Å². The molecule has 14 heavy (non-hydrogen) atoms. The van der Waals surface area contributed by atoms with Crippen LogP contribution in [0.2, 0.25) is 5.02 Å². The minimum Gasteiger partial charge on any atom is -0.327 e. The molecule has 0 unspecified atom stereocenters. The lowest BCUT2D eigenvalue weighted by Crippen LogP contribution is -2.29. The van der Waals surface area contributed by atoms with Gasteiger partial charge in [0.15, 0.2) is 0 Å². The molecule has 3 heteroatoms. The van der Waals surface area contributed by atoms with Crippen LogP contribution in [0.1, 0.15) is 18.4 Å². The van der Waals surface area contributed by atoms with Gasteiger partial charge in [0, 0.05) is 6.04 Å². The Balaban J connectivity index is 2.25. The van der Waals surface area contributed by atoms with E-state index < -0.39 is 0 Å². The van der Waals surface area contributed by atoms with E-state index in [4.69, 9.17) is 17.3 Å². The summed E-state index contributed by atoms with van der Waals surface area (Å²) in [7, 11) is 0. The van der Waals surface area contributed by atoms with Gasteiger partial charge in [0.1, 0.15) is 5.82 Å². The van der Waals surface area contributed by atoms with Crippen LogP contribution < -0.4 is 5.73 Å². The minimum atomic E-state index is -0.371. The summed E-state index contributed by atoms with van der Waals surface area (Å²) in [6, 6.07) is 5.10. The van der Waals surface area contributed by atoms with Crippen molar-refractivity contribution in [3.05, 3.63) is 40.2 Å². The molecule has 1 aromatic carbocycles. The number of nitrogens with two attached hydrogens (primary N) is 1. The zero-order chi connectivity index (χ0) is 10.1. The summed E-state index contributed by atoms with van der Waals surface area (Å²) >= 11 is 5.80. The fraction of sp³-hybridized carbons (Fsp3) is 0.273. The van der Waals surface area contributed by atoms with E-state index in [1.165, 1.54) is 11.6 Å². The van der Waals surface area contributed by atoms with E-state index in [0.29, 0.717) is 0 Å². The summed E-state index contributed by atoms with van der Waals surface area (Å²) in [5.74, 6) is -0.371. The first kappa shape index (κ1) is 9.69. The van der Waals surface area contributed by atoms with Gasteiger partial charge in [0.05, 0.1) is 5.02 Å². The smallest absolute Gasteiger partial charge is 0.142 e. The highest BCUT2D eigenvalue weighted by Crippen LogP contribution is 2.29. The van der Waals surface area contributed by atoms with Gasteiger partial charge in [0.25, 0.3) is 0 Å². The molecule has 0 atom stereocenters. The fourth-order valence-corrected chi connectivity index (χ4v) is 1.76. The lowest BCUT2D eigenvalue weighted by atomic mass is 9.86. The maximum Gasteiger partial charge on any atom is 0.142 e. The van der Waals surface area contributed by atoms with Gasteiger partial charge in [0.2, 0.25) is 0 Å². The third kappa shape index (κ3) is 1.81. The van der Waals surface area contributed by atoms with Gasteiger partial charge in [-0.25, -0.2) is 4.39 Å². The molecule has 74 valence electrons. The largest absolute Gasteiger partial charge is 0.327 e. The van der Waals surface area contributed by atoms with Crippen molar-refractivity contribution < 1.29 is 4.39 Å². The summed E-state index contributed by atoms with van der Waals surface area (Å²) in [5.41, 5.74) is 7.63. The van der Waals surface area contributed by atoms with Crippen molar-refractivity contribution in [2.45, 2.75) is 18.9 Å². The molecule has 1 aromatic rings. The molecule has 0 bridgehead atoms. The van der Waals surface area contributed by atoms with E-state index >= 15 is 0 Å². The van der Waals surface area contributed by atoms with Gasteiger partial charge in [-0.1, -0.05) is 35.4 Å². The van der Waals surface area contributed by atoms with Gasteiger partial charge < -0.3 is 5.73 Å². The molecule has 2 rings (SSSR count). The van der Waals surface area contributed by atoms with Crippen molar-refractivity contribution in [1.82, 2.24) is 0 Å². The number of rotatable bonds is 1. The lowest BCUT2D eigenvalue weighted by Gasteiger charge is -2.25. The lowest BCUT2D eigenvalue weighted by molar-refractivity contribution is 0.547. The predicted octanol–water partition coefficient (Wildman–Crippen LogP) is 2.98. The Morgan fingerprint density at radius 3 is 2.79 bits per heavy atom.